The number of aromatic nitrogens is 1. The van der Waals surface area contributed by atoms with Gasteiger partial charge in [0.05, 0.1) is 16.3 Å². The average molecular weight is 304 g/mol. The van der Waals surface area contributed by atoms with Crippen LogP contribution in [0.3, 0.4) is 0 Å². The van der Waals surface area contributed by atoms with Crippen LogP contribution in [0.15, 0.2) is 29.6 Å². The Morgan fingerprint density at radius 2 is 2.00 bits per heavy atom. The molecule has 0 aliphatic heterocycles. The number of hydrogen-bond acceptors (Lipinski definition) is 5. The normalized spacial score (nSPS) is 10.2. The maximum absolute atomic E-state index is 11.9. The lowest BCUT2D eigenvalue weighted by Gasteiger charge is -2.05. The minimum absolute atomic E-state index is 0.152. The van der Waals surface area contributed by atoms with Crippen LogP contribution in [0.5, 0.6) is 0 Å². The van der Waals surface area contributed by atoms with E-state index in [-0.39, 0.29) is 12.5 Å². The highest BCUT2D eigenvalue weighted by Gasteiger charge is 2.09. The Hall–Kier alpha value is -2.21. The molecule has 1 aromatic carbocycles. The molecule has 6 heteroatoms. The van der Waals surface area contributed by atoms with Gasteiger partial charge in [-0.05, 0) is 30.7 Å². The molecular weight excluding hydrogens is 288 g/mol. The topological polar surface area (TPSA) is 68.3 Å². The van der Waals surface area contributed by atoms with Gasteiger partial charge in [-0.15, -0.1) is 11.3 Å². The van der Waals surface area contributed by atoms with Crippen LogP contribution < -0.4 is 5.32 Å². The van der Waals surface area contributed by atoms with Crippen molar-refractivity contribution in [1.29, 1.82) is 0 Å². The highest BCUT2D eigenvalue weighted by Crippen LogP contribution is 2.13. The molecule has 0 aliphatic carbocycles. The molecule has 0 fully saturated rings. The van der Waals surface area contributed by atoms with Crippen LogP contribution in [-0.2, 0) is 22.6 Å². The standard InChI is InChI=1S/C15H16N2O3S/c1-3-14-17-13(9-21-14)8-20-15(19)11-4-6-12(7-5-11)16-10(2)18/h4-7,9H,3,8H2,1-2H3,(H,16,18). The number of rotatable bonds is 5. The quantitative estimate of drug-likeness (QED) is 0.862. The smallest absolute Gasteiger partial charge is 0.338 e. The Morgan fingerprint density at radius 1 is 1.29 bits per heavy atom. The van der Waals surface area contributed by atoms with E-state index >= 15 is 0 Å². The number of carbonyl (C=O) groups is 2. The highest BCUT2D eigenvalue weighted by atomic mass is 32.1. The zero-order chi connectivity index (χ0) is 15.2. The van der Waals surface area contributed by atoms with Gasteiger partial charge in [-0.25, -0.2) is 9.78 Å². The number of anilines is 1. The molecule has 1 aromatic heterocycles. The third-order valence-corrected chi connectivity index (χ3v) is 3.74. The molecule has 0 atom stereocenters. The number of ether oxygens (including phenoxy) is 1. The number of benzene rings is 1. The summed E-state index contributed by atoms with van der Waals surface area (Å²) in [5, 5.41) is 5.56. The van der Waals surface area contributed by atoms with Crippen molar-refractivity contribution in [2.45, 2.75) is 26.9 Å². The molecule has 0 aliphatic rings. The Morgan fingerprint density at radius 3 is 2.57 bits per heavy atom. The highest BCUT2D eigenvalue weighted by molar-refractivity contribution is 7.09. The zero-order valence-electron chi connectivity index (χ0n) is 11.9. The molecule has 110 valence electrons. The average Bonchev–Trinajstić information content (AvgIpc) is 2.93. The van der Waals surface area contributed by atoms with E-state index in [9.17, 15) is 9.59 Å². The van der Waals surface area contributed by atoms with Crippen molar-refractivity contribution in [2.24, 2.45) is 0 Å². The molecule has 0 bridgehead atoms. The summed E-state index contributed by atoms with van der Waals surface area (Å²) in [5.74, 6) is -0.559. The minimum atomic E-state index is -0.407. The third-order valence-electron chi connectivity index (χ3n) is 2.69. The van der Waals surface area contributed by atoms with Gasteiger partial charge in [-0.2, -0.15) is 0 Å². The molecule has 0 spiro atoms. The number of nitrogens with zero attached hydrogens (tertiary/aromatic N) is 1. The van der Waals surface area contributed by atoms with Gasteiger partial charge >= 0.3 is 5.97 Å². The van der Waals surface area contributed by atoms with Crippen LogP contribution in [0.1, 0.15) is 34.9 Å². The van der Waals surface area contributed by atoms with Gasteiger partial charge in [-0.3, -0.25) is 4.79 Å². The number of esters is 1. The van der Waals surface area contributed by atoms with E-state index in [4.69, 9.17) is 4.74 Å². The van der Waals surface area contributed by atoms with Gasteiger partial charge in [0, 0.05) is 18.0 Å². The number of carbonyl (C=O) groups excluding carboxylic acids is 2. The van der Waals surface area contributed by atoms with Crippen LogP contribution in [0.2, 0.25) is 0 Å². The summed E-state index contributed by atoms with van der Waals surface area (Å²) in [6.07, 6.45) is 0.878. The fourth-order valence-electron chi connectivity index (χ4n) is 1.69. The van der Waals surface area contributed by atoms with Gasteiger partial charge in [0.25, 0.3) is 0 Å². The molecule has 2 aromatic rings. The summed E-state index contributed by atoms with van der Waals surface area (Å²) in [6.45, 7) is 3.63. The van der Waals surface area contributed by atoms with Gasteiger partial charge in [-0.1, -0.05) is 6.92 Å². The van der Waals surface area contributed by atoms with Crippen LogP contribution in [0.25, 0.3) is 0 Å². The SMILES string of the molecule is CCc1nc(COC(=O)c2ccc(NC(C)=O)cc2)cs1. The van der Waals surface area contributed by atoms with E-state index in [0.29, 0.717) is 11.3 Å². The van der Waals surface area contributed by atoms with Crippen molar-refractivity contribution in [3.8, 4) is 0 Å². The van der Waals surface area contributed by atoms with Gasteiger partial charge < -0.3 is 10.1 Å². The van der Waals surface area contributed by atoms with Gasteiger partial charge in [0.15, 0.2) is 0 Å². The summed E-state index contributed by atoms with van der Waals surface area (Å²) in [4.78, 5) is 27.1. The molecular formula is C15H16N2O3S. The number of hydrogen-bond donors (Lipinski definition) is 1. The van der Waals surface area contributed by atoms with Gasteiger partial charge in [0.1, 0.15) is 6.61 Å². The lowest BCUT2D eigenvalue weighted by molar-refractivity contribution is -0.114. The molecule has 2 rings (SSSR count). The Balaban J connectivity index is 1.92. The van der Waals surface area contributed by atoms with Crippen molar-refractivity contribution in [2.75, 3.05) is 5.32 Å². The van der Waals surface area contributed by atoms with E-state index < -0.39 is 5.97 Å². The number of thiazole rings is 1. The van der Waals surface area contributed by atoms with Crippen molar-refractivity contribution < 1.29 is 14.3 Å². The summed E-state index contributed by atoms with van der Waals surface area (Å²) in [5.41, 5.74) is 1.85. The molecule has 0 radical (unpaired) electrons. The monoisotopic (exact) mass is 304 g/mol. The first-order valence-corrected chi connectivity index (χ1v) is 7.44. The number of amides is 1. The second-order valence-corrected chi connectivity index (χ2v) is 5.36. The fourth-order valence-corrected chi connectivity index (χ4v) is 2.42. The maximum atomic E-state index is 11.9. The first-order chi connectivity index (χ1) is 10.1. The van der Waals surface area contributed by atoms with Crippen LogP contribution in [0.4, 0.5) is 5.69 Å². The Kier molecular flexibility index (Phi) is 5.05. The maximum Gasteiger partial charge on any atom is 0.338 e. The lowest BCUT2D eigenvalue weighted by atomic mass is 10.2. The molecule has 0 saturated carbocycles. The third kappa shape index (κ3) is 4.39. The molecule has 0 saturated heterocycles. The predicted molar refractivity (Wildman–Crippen MR) is 81.4 cm³/mol. The van der Waals surface area contributed by atoms with Crippen molar-refractivity contribution >= 4 is 28.9 Å². The molecule has 21 heavy (non-hydrogen) atoms. The molecule has 5 nitrogen and oxygen atoms in total. The largest absolute Gasteiger partial charge is 0.456 e. The number of aryl methyl sites for hydroxylation is 1. The molecule has 1 N–H and O–H groups in total. The fraction of sp³-hybridized carbons (Fsp3) is 0.267. The lowest BCUT2D eigenvalue weighted by Crippen LogP contribution is -2.08. The Bertz CT molecular complexity index is 635. The van der Waals surface area contributed by atoms with E-state index in [0.717, 1.165) is 17.1 Å². The number of nitrogens with one attached hydrogen (secondary N) is 1. The summed E-state index contributed by atoms with van der Waals surface area (Å²) >= 11 is 1.56. The van der Waals surface area contributed by atoms with E-state index in [1.165, 1.54) is 6.92 Å². The second kappa shape index (κ2) is 6.99. The predicted octanol–water partition coefficient (Wildman–Crippen LogP) is 3.02. The van der Waals surface area contributed by atoms with Crippen molar-refractivity contribution in [1.82, 2.24) is 4.98 Å². The van der Waals surface area contributed by atoms with Crippen LogP contribution in [0, 0.1) is 0 Å². The van der Waals surface area contributed by atoms with Crippen LogP contribution >= 0.6 is 11.3 Å². The molecule has 1 heterocycles. The van der Waals surface area contributed by atoms with Crippen molar-refractivity contribution in [3.63, 3.8) is 0 Å². The van der Waals surface area contributed by atoms with E-state index in [1.807, 2.05) is 12.3 Å². The summed E-state index contributed by atoms with van der Waals surface area (Å²) in [7, 11) is 0. The van der Waals surface area contributed by atoms with E-state index in [1.54, 1.807) is 35.6 Å². The molecule has 1 amide bonds. The zero-order valence-corrected chi connectivity index (χ0v) is 12.7. The Labute approximate surface area is 127 Å². The minimum Gasteiger partial charge on any atom is -0.456 e. The summed E-state index contributed by atoms with van der Waals surface area (Å²) in [6, 6.07) is 6.56. The van der Waals surface area contributed by atoms with Crippen LogP contribution in [-0.4, -0.2) is 16.9 Å². The van der Waals surface area contributed by atoms with Crippen molar-refractivity contribution in [3.05, 3.63) is 45.9 Å². The first kappa shape index (κ1) is 15.2. The second-order valence-electron chi connectivity index (χ2n) is 4.42. The van der Waals surface area contributed by atoms with Gasteiger partial charge in [0.2, 0.25) is 5.91 Å². The first-order valence-electron chi connectivity index (χ1n) is 6.56. The van der Waals surface area contributed by atoms with E-state index in [2.05, 4.69) is 10.3 Å². The molecule has 0 unspecified atom stereocenters. The summed E-state index contributed by atoms with van der Waals surface area (Å²) < 4.78 is 5.21.